The maximum absolute atomic E-state index is 7.38. The fourth-order valence-electron chi connectivity index (χ4n) is 2.32. The van der Waals surface area contributed by atoms with Crippen molar-refractivity contribution in [2.24, 2.45) is 11.7 Å². The molecule has 0 unspecified atom stereocenters. The second-order valence-corrected chi connectivity index (χ2v) is 4.76. The molecule has 1 aromatic rings. The minimum Gasteiger partial charge on any atom is -0.493 e. The molecule has 0 heterocycles. The summed E-state index contributed by atoms with van der Waals surface area (Å²) in [5, 5.41) is 7.38. The molecule has 1 saturated carbocycles. The van der Waals surface area contributed by atoms with Gasteiger partial charge in [0.25, 0.3) is 0 Å². The van der Waals surface area contributed by atoms with E-state index in [1.54, 1.807) is 0 Å². The van der Waals surface area contributed by atoms with Gasteiger partial charge in [0, 0.05) is 5.56 Å². The molecule has 1 aromatic carbocycles. The highest BCUT2D eigenvalue weighted by molar-refractivity contribution is 5.95. The van der Waals surface area contributed by atoms with Gasteiger partial charge in [-0.1, -0.05) is 31.4 Å². The predicted octanol–water partition coefficient (Wildman–Crippen LogP) is 2.93. The van der Waals surface area contributed by atoms with Gasteiger partial charge in [-0.25, -0.2) is 0 Å². The van der Waals surface area contributed by atoms with Crippen LogP contribution in [0, 0.1) is 11.3 Å². The van der Waals surface area contributed by atoms with E-state index < -0.39 is 0 Å². The highest BCUT2D eigenvalue weighted by atomic mass is 16.5. The molecular formula is C14H20N2O. The highest BCUT2D eigenvalue weighted by Gasteiger charge is 2.13. The molecule has 17 heavy (non-hydrogen) atoms. The lowest BCUT2D eigenvalue weighted by atomic mass is 9.90. The Hall–Kier alpha value is -1.51. The number of nitrogens with one attached hydrogen (secondary N) is 1. The molecule has 0 spiro atoms. The van der Waals surface area contributed by atoms with Gasteiger partial charge in [0.05, 0.1) is 6.61 Å². The van der Waals surface area contributed by atoms with E-state index in [1.165, 1.54) is 32.1 Å². The lowest BCUT2D eigenvalue weighted by Gasteiger charge is -2.21. The van der Waals surface area contributed by atoms with E-state index in [-0.39, 0.29) is 5.84 Å². The zero-order valence-corrected chi connectivity index (χ0v) is 10.1. The van der Waals surface area contributed by atoms with E-state index in [2.05, 4.69) is 0 Å². The van der Waals surface area contributed by atoms with Gasteiger partial charge in [-0.05, 0) is 30.9 Å². The number of amidine groups is 1. The van der Waals surface area contributed by atoms with Crippen LogP contribution in [0.2, 0.25) is 0 Å². The maximum atomic E-state index is 7.38. The van der Waals surface area contributed by atoms with Crippen molar-refractivity contribution in [1.29, 1.82) is 5.41 Å². The Kier molecular flexibility index (Phi) is 4.02. The van der Waals surface area contributed by atoms with E-state index in [0.29, 0.717) is 5.92 Å². The van der Waals surface area contributed by atoms with E-state index in [9.17, 15) is 0 Å². The van der Waals surface area contributed by atoms with Crippen LogP contribution in [-0.4, -0.2) is 12.4 Å². The first kappa shape index (κ1) is 12.0. The quantitative estimate of drug-likeness (QED) is 0.619. The molecule has 0 bridgehead atoms. The smallest absolute Gasteiger partial charge is 0.122 e. The van der Waals surface area contributed by atoms with Crippen molar-refractivity contribution in [2.75, 3.05) is 6.61 Å². The van der Waals surface area contributed by atoms with E-state index >= 15 is 0 Å². The van der Waals surface area contributed by atoms with Gasteiger partial charge in [-0.15, -0.1) is 0 Å². The van der Waals surface area contributed by atoms with Crippen molar-refractivity contribution in [3.63, 3.8) is 0 Å². The third-order valence-electron chi connectivity index (χ3n) is 3.36. The molecule has 0 atom stereocenters. The second kappa shape index (κ2) is 5.71. The first-order valence-corrected chi connectivity index (χ1v) is 6.33. The van der Waals surface area contributed by atoms with Crippen LogP contribution < -0.4 is 10.5 Å². The number of nitrogens with two attached hydrogens (primary N) is 1. The number of ether oxygens (including phenoxy) is 1. The Labute approximate surface area is 102 Å². The zero-order chi connectivity index (χ0) is 12.1. The van der Waals surface area contributed by atoms with E-state index in [4.69, 9.17) is 15.9 Å². The molecule has 3 N–H and O–H groups in total. The summed E-state index contributed by atoms with van der Waals surface area (Å²) in [5.74, 6) is 1.61. The summed E-state index contributed by atoms with van der Waals surface area (Å²) in [5.41, 5.74) is 6.18. The molecule has 0 radical (unpaired) electrons. The van der Waals surface area contributed by atoms with Gasteiger partial charge in [0.1, 0.15) is 11.6 Å². The monoisotopic (exact) mass is 232 g/mol. The van der Waals surface area contributed by atoms with Crippen LogP contribution >= 0.6 is 0 Å². The number of benzene rings is 1. The molecule has 3 heteroatoms. The largest absolute Gasteiger partial charge is 0.493 e. The molecule has 2 rings (SSSR count). The summed E-state index contributed by atoms with van der Waals surface area (Å²) < 4.78 is 5.78. The van der Waals surface area contributed by atoms with E-state index in [0.717, 1.165) is 17.9 Å². The molecular weight excluding hydrogens is 212 g/mol. The van der Waals surface area contributed by atoms with Crippen LogP contribution in [0.15, 0.2) is 24.3 Å². The Bertz CT molecular complexity index is 384. The SMILES string of the molecule is N=C(N)c1cccc(OCC2CCCCC2)c1. The minimum absolute atomic E-state index is 0.0908. The topological polar surface area (TPSA) is 59.1 Å². The summed E-state index contributed by atoms with van der Waals surface area (Å²) >= 11 is 0. The molecule has 0 amide bonds. The molecule has 1 fully saturated rings. The van der Waals surface area contributed by atoms with Crippen molar-refractivity contribution >= 4 is 5.84 Å². The van der Waals surface area contributed by atoms with E-state index in [1.807, 2.05) is 24.3 Å². The maximum Gasteiger partial charge on any atom is 0.122 e. The van der Waals surface area contributed by atoms with Crippen LogP contribution in [0.1, 0.15) is 37.7 Å². The molecule has 0 aromatic heterocycles. The number of hydrogen-bond donors (Lipinski definition) is 2. The number of nitrogen functional groups attached to an aromatic ring is 1. The third-order valence-corrected chi connectivity index (χ3v) is 3.36. The van der Waals surface area contributed by atoms with Crippen LogP contribution in [0.5, 0.6) is 5.75 Å². The Morgan fingerprint density at radius 1 is 1.29 bits per heavy atom. The van der Waals surface area contributed by atoms with Gasteiger partial charge in [0.2, 0.25) is 0 Å². The minimum atomic E-state index is 0.0908. The second-order valence-electron chi connectivity index (χ2n) is 4.76. The lowest BCUT2D eigenvalue weighted by molar-refractivity contribution is 0.209. The van der Waals surface area contributed by atoms with Crippen LogP contribution in [0.4, 0.5) is 0 Å². The fourth-order valence-corrected chi connectivity index (χ4v) is 2.32. The molecule has 3 nitrogen and oxygen atoms in total. The van der Waals surface area contributed by atoms with Gasteiger partial charge < -0.3 is 10.5 Å². The average molecular weight is 232 g/mol. The third kappa shape index (κ3) is 3.48. The van der Waals surface area contributed by atoms with Crippen molar-refractivity contribution in [1.82, 2.24) is 0 Å². The molecule has 92 valence electrons. The summed E-state index contributed by atoms with van der Waals surface area (Å²) in [6, 6.07) is 7.48. The zero-order valence-electron chi connectivity index (χ0n) is 10.1. The highest BCUT2D eigenvalue weighted by Crippen LogP contribution is 2.24. The average Bonchev–Trinajstić information content (AvgIpc) is 2.38. The van der Waals surface area contributed by atoms with Crippen LogP contribution in [-0.2, 0) is 0 Å². The standard InChI is InChI=1S/C14H20N2O/c15-14(16)12-7-4-8-13(9-12)17-10-11-5-2-1-3-6-11/h4,7-9,11H,1-3,5-6,10H2,(H3,15,16). The van der Waals surface area contributed by atoms with Gasteiger partial charge >= 0.3 is 0 Å². The lowest BCUT2D eigenvalue weighted by Crippen LogP contribution is -2.16. The first-order valence-electron chi connectivity index (χ1n) is 6.33. The Morgan fingerprint density at radius 2 is 2.06 bits per heavy atom. The molecule has 1 aliphatic rings. The number of rotatable bonds is 4. The van der Waals surface area contributed by atoms with Crippen molar-refractivity contribution in [3.05, 3.63) is 29.8 Å². The normalized spacial score (nSPS) is 16.7. The molecule has 0 aliphatic heterocycles. The summed E-state index contributed by atoms with van der Waals surface area (Å²) in [6.45, 7) is 0.793. The number of hydrogen-bond acceptors (Lipinski definition) is 2. The molecule has 0 saturated heterocycles. The van der Waals surface area contributed by atoms with Crippen LogP contribution in [0.25, 0.3) is 0 Å². The fraction of sp³-hybridized carbons (Fsp3) is 0.500. The van der Waals surface area contributed by atoms with Crippen molar-refractivity contribution < 1.29 is 4.74 Å². The summed E-state index contributed by atoms with van der Waals surface area (Å²) in [7, 11) is 0. The van der Waals surface area contributed by atoms with Crippen molar-refractivity contribution in [3.8, 4) is 5.75 Å². The molecule has 1 aliphatic carbocycles. The van der Waals surface area contributed by atoms with Gasteiger partial charge in [-0.2, -0.15) is 0 Å². The predicted molar refractivity (Wildman–Crippen MR) is 69.5 cm³/mol. The Morgan fingerprint density at radius 3 is 2.76 bits per heavy atom. The van der Waals surface area contributed by atoms with Gasteiger partial charge in [0.15, 0.2) is 0 Å². The van der Waals surface area contributed by atoms with Crippen molar-refractivity contribution in [2.45, 2.75) is 32.1 Å². The van der Waals surface area contributed by atoms with Crippen LogP contribution in [0.3, 0.4) is 0 Å². The first-order chi connectivity index (χ1) is 8.25. The summed E-state index contributed by atoms with van der Waals surface area (Å²) in [6.07, 6.45) is 6.61. The van der Waals surface area contributed by atoms with Gasteiger partial charge in [-0.3, -0.25) is 5.41 Å². The Balaban J connectivity index is 1.89. The summed E-state index contributed by atoms with van der Waals surface area (Å²) in [4.78, 5) is 0.